The van der Waals surface area contributed by atoms with Crippen LogP contribution in [0.2, 0.25) is 0 Å². The molecule has 0 amide bonds. The van der Waals surface area contributed by atoms with Crippen molar-refractivity contribution >= 4 is 0 Å². The van der Waals surface area contributed by atoms with Gasteiger partial charge in [-0.3, -0.25) is 0 Å². The van der Waals surface area contributed by atoms with E-state index >= 15 is 0 Å². The maximum absolute atomic E-state index is 12.2. The second-order valence-corrected chi connectivity index (χ2v) is 3.14. The van der Waals surface area contributed by atoms with Crippen molar-refractivity contribution in [1.82, 2.24) is 5.32 Å². The summed E-state index contributed by atoms with van der Waals surface area (Å²) in [4.78, 5) is 0. The van der Waals surface area contributed by atoms with Crippen LogP contribution in [0.3, 0.4) is 0 Å². The minimum atomic E-state index is -4.41. The minimum absolute atomic E-state index is 0.0889. The minimum Gasteiger partial charge on any atom is -0.394 e. The molecule has 0 saturated carbocycles. The summed E-state index contributed by atoms with van der Waals surface area (Å²) in [5.41, 5.74) is 0.750. The molecule has 1 aromatic carbocycles. The first-order chi connectivity index (χ1) is 7.04. The Morgan fingerprint density at radius 3 is 2.27 bits per heavy atom. The first-order valence-electron chi connectivity index (χ1n) is 4.49. The topological polar surface area (TPSA) is 32.3 Å². The molecule has 0 heterocycles. The van der Waals surface area contributed by atoms with Gasteiger partial charge in [0.25, 0.3) is 0 Å². The molecule has 0 bridgehead atoms. The molecule has 2 nitrogen and oxygen atoms in total. The van der Waals surface area contributed by atoms with E-state index in [0.29, 0.717) is 0 Å². The molecule has 1 unspecified atom stereocenters. The number of hydrogen-bond acceptors (Lipinski definition) is 2. The third-order valence-corrected chi connectivity index (χ3v) is 1.97. The summed E-state index contributed by atoms with van der Waals surface area (Å²) in [6, 6.07) is 6.86. The Bertz CT molecular complexity index is 286. The highest BCUT2D eigenvalue weighted by molar-refractivity contribution is 5.14. The monoisotopic (exact) mass is 219 g/mol. The van der Waals surface area contributed by atoms with Gasteiger partial charge in [-0.2, -0.15) is 13.2 Å². The molecule has 0 aliphatic rings. The van der Waals surface area contributed by atoms with E-state index in [0.717, 1.165) is 5.56 Å². The second-order valence-electron chi connectivity index (χ2n) is 3.14. The van der Waals surface area contributed by atoms with Crippen LogP contribution < -0.4 is 5.32 Å². The molecular weight excluding hydrogens is 207 g/mol. The van der Waals surface area contributed by atoms with Crippen LogP contribution >= 0.6 is 0 Å². The molecule has 0 aliphatic carbocycles. The van der Waals surface area contributed by atoms with Crippen LogP contribution in [0, 0.1) is 0 Å². The van der Waals surface area contributed by atoms with E-state index in [1.165, 1.54) is 0 Å². The summed E-state index contributed by atoms with van der Waals surface area (Å²) in [6.07, 6.45) is -4.41. The average molecular weight is 219 g/mol. The fourth-order valence-electron chi connectivity index (χ4n) is 1.12. The van der Waals surface area contributed by atoms with Crippen LogP contribution in [0.5, 0.6) is 0 Å². The van der Waals surface area contributed by atoms with Gasteiger partial charge in [-0.1, -0.05) is 30.3 Å². The van der Waals surface area contributed by atoms with E-state index in [1.54, 1.807) is 30.3 Å². The highest BCUT2D eigenvalue weighted by Gasteiger charge is 2.38. The van der Waals surface area contributed by atoms with Crippen LogP contribution in [0.4, 0.5) is 13.2 Å². The van der Waals surface area contributed by atoms with Crippen molar-refractivity contribution in [2.45, 2.75) is 18.8 Å². The molecule has 84 valence electrons. The van der Waals surface area contributed by atoms with Gasteiger partial charge in [-0.05, 0) is 5.56 Å². The number of nitrogens with one attached hydrogen (secondary N) is 1. The SMILES string of the molecule is OCC(NCc1ccccc1)C(F)(F)F. The van der Waals surface area contributed by atoms with Crippen LogP contribution in [0.25, 0.3) is 0 Å². The van der Waals surface area contributed by atoms with Gasteiger partial charge < -0.3 is 10.4 Å². The number of aliphatic hydroxyl groups excluding tert-OH is 1. The zero-order chi connectivity index (χ0) is 11.3. The smallest absolute Gasteiger partial charge is 0.394 e. The number of aliphatic hydroxyl groups is 1. The molecule has 0 spiro atoms. The molecule has 1 atom stereocenters. The maximum Gasteiger partial charge on any atom is 0.406 e. The number of halogens is 3. The Kier molecular flexibility index (Phi) is 4.11. The normalized spacial score (nSPS) is 13.9. The van der Waals surface area contributed by atoms with Crippen molar-refractivity contribution in [3.8, 4) is 0 Å². The summed E-state index contributed by atoms with van der Waals surface area (Å²) in [5, 5.41) is 10.8. The van der Waals surface area contributed by atoms with Crippen molar-refractivity contribution in [3.05, 3.63) is 35.9 Å². The molecule has 0 aliphatic heterocycles. The Labute approximate surface area is 85.7 Å². The van der Waals surface area contributed by atoms with Gasteiger partial charge in [-0.25, -0.2) is 0 Å². The molecule has 0 aromatic heterocycles. The maximum atomic E-state index is 12.2. The lowest BCUT2D eigenvalue weighted by Gasteiger charge is -2.19. The van der Waals surface area contributed by atoms with E-state index in [1.807, 2.05) is 0 Å². The molecule has 2 N–H and O–H groups in total. The van der Waals surface area contributed by atoms with Crippen LogP contribution in [0.1, 0.15) is 5.56 Å². The number of rotatable bonds is 4. The fraction of sp³-hybridized carbons (Fsp3) is 0.400. The molecule has 1 rings (SSSR count). The molecule has 1 aromatic rings. The Hall–Kier alpha value is -1.07. The highest BCUT2D eigenvalue weighted by Crippen LogP contribution is 2.19. The molecular formula is C10H12F3NO. The first kappa shape index (κ1) is 12.0. The average Bonchev–Trinajstić information content (AvgIpc) is 2.18. The Morgan fingerprint density at radius 2 is 1.80 bits per heavy atom. The standard InChI is InChI=1S/C10H12F3NO/c11-10(12,13)9(7-15)14-6-8-4-2-1-3-5-8/h1-5,9,14-15H,6-7H2. The quantitative estimate of drug-likeness (QED) is 0.807. The van der Waals surface area contributed by atoms with Gasteiger partial charge in [0.2, 0.25) is 0 Å². The van der Waals surface area contributed by atoms with Crippen LogP contribution in [-0.2, 0) is 6.54 Å². The third kappa shape index (κ3) is 3.89. The third-order valence-electron chi connectivity index (χ3n) is 1.97. The predicted molar refractivity (Wildman–Crippen MR) is 50.2 cm³/mol. The predicted octanol–water partition coefficient (Wildman–Crippen LogP) is 1.70. The molecule has 5 heteroatoms. The van der Waals surface area contributed by atoms with Crippen LogP contribution in [-0.4, -0.2) is 23.9 Å². The zero-order valence-electron chi connectivity index (χ0n) is 7.96. The van der Waals surface area contributed by atoms with Gasteiger partial charge in [0.05, 0.1) is 6.61 Å². The first-order valence-corrected chi connectivity index (χ1v) is 4.49. The van der Waals surface area contributed by atoms with Crippen molar-refractivity contribution in [3.63, 3.8) is 0 Å². The highest BCUT2D eigenvalue weighted by atomic mass is 19.4. The lowest BCUT2D eigenvalue weighted by Crippen LogP contribution is -2.44. The number of alkyl halides is 3. The number of hydrogen-bond donors (Lipinski definition) is 2. The van der Waals surface area contributed by atoms with E-state index in [4.69, 9.17) is 5.11 Å². The molecule has 0 saturated heterocycles. The van der Waals surface area contributed by atoms with Crippen molar-refractivity contribution in [2.24, 2.45) is 0 Å². The van der Waals surface area contributed by atoms with E-state index in [9.17, 15) is 13.2 Å². The fourth-order valence-corrected chi connectivity index (χ4v) is 1.12. The lowest BCUT2D eigenvalue weighted by molar-refractivity contribution is -0.164. The largest absolute Gasteiger partial charge is 0.406 e. The van der Waals surface area contributed by atoms with Gasteiger partial charge in [0.15, 0.2) is 0 Å². The van der Waals surface area contributed by atoms with Crippen molar-refractivity contribution in [1.29, 1.82) is 0 Å². The van der Waals surface area contributed by atoms with Gasteiger partial charge >= 0.3 is 6.18 Å². The van der Waals surface area contributed by atoms with Gasteiger partial charge in [0, 0.05) is 6.54 Å². The van der Waals surface area contributed by atoms with E-state index < -0.39 is 18.8 Å². The van der Waals surface area contributed by atoms with Crippen LogP contribution in [0.15, 0.2) is 30.3 Å². The Balaban J connectivity index is 2.49. The van der Waals surface area contributed by atoms with Crippen molar-refractivity contribution < 1.29 is 18.3 Å². The summed E-state index contributed by atoms with van der Waals surface area (Å²) < 4.78 is 36.6. The van der Waals surface area contributed by atoms with Gasteiger partial charge in [0.1, 0.15) is 6.04 Å². The Morgan fingerprint density at radius 1 is 1.20 bits per heavy atom. The molecule has 15 heavy (non-hydrogen) atoms. The lowest BCUT2D eigenvalue weighted by atomic mass is 10.2. The van der Waals surface area contributed by atoms with E-state index in [-0.39, 0.29) is 6.54 Å². The second kappa shape index (κ2) is 5.14. The van der Waals surface area contributed by atoms with E-state index in [2.05, 4.69) is 5.32 Å². The molecule has 0 radical (unpaired) electrons. The summed E-state index contributed by atoms with van der Waals surface area (Å²) in [5.74, 6) is 0. The van der Waals surface area contributed by atoms with Crippen molar-refractivity contribution in [2.75, 3.05) is 6.61 Å². The number of benzene rings is 1. The summed E-state index contributed by atoms with van der Waals surface area (Å²) in [6.45, 7) is -0.859. The summed E-state index contributed by atoms with van der Waals surface area (Å²) in [7, 11) is 0. The molecule has 0 fully saturated rings. The van der Waals surface area contributed by atoms with Gasteiger partial charge in [-0.15, -0.1) is 0 Å². The summed E-state index contributed by atoms with van der Waals surface area (Å²) >= 11 is 0. The zero-order valence-corrected chi connectivity index (χ0v) is 7.96.